The molecule has 2 nitrogen and oxygen atoms in total. The maximum absolute atomic E-state index is 3.96. The molecule has 0 saturated heterocycles. The molecule has 0 unspecified atom stereocenters. The van der Waals surface area contributed by atoms with Crippen molar-refractivity contribution in [2.24, 2.45) is 4.99 Å². The van der Waals surface area contributed by atoms with E-state index in [1.54, 1.807) is 12.5 Å². The van der Waals surface area contributed by atoms with Crippen molar-refractivity contribution in [3.8, 4) is 0 Å². The topological polar surface area (TPSA) is 24.4 Å². The van der Waals surface area contributed by atoms with Gasteiger partial charge in [-0.3, -0.25) is 0 Å². The number of aliphatic imine (C=N–C) groups is 1. The Labute approximate surface area is 67.0 Å². The lowest BCUT2D eigenvalue weighted by atomic mass is 10.2. The first kappa shape index (κ1) is 7.79. The zero-order valence-electron chi connectivity index (χ0n) is 6.62. The summed E-state index contributed by atoms with van der Waals surface area (Å²) in [4.78, 5) is 3.96. The van der Waals surface area contributed by atoms with Crippen molar-refractivity contribution in [1.29, 1.82) is 0 Å². The van der Waals surface area contributed by atoms with Crippen LogP contribution >= 0.6 is 0 Å². The van der Waals surface area contributed by atoms with Crippen LogP contribution < -0.4 is 5.32 Å². The number of hydrogen-bond acceptors (Lipinski definition) is 2. The molecule has 0 fully saturated rings. The predicted molar refractivity (Wildman–Crippen MR) is 48.3 cm³/mol. The molecular weight excluding hydrogens is 136 g/mol. The molecular formula is C9H12N2. The van der Waals surface area contributed by atoms with Gasteiger partial charge in [0, 0.05) is 12.4 Å². The van der Waals surface area contributed by atoms with Gasteiger partial charge in [0.2, 0.25) is 0 Å². The lowest BCUT2D eigenvalue weighted by molar-refractivity contribution is 1.25. The van der Waals surface area contributed by atoms with Crippen molar-refractivity contribution in [3.63, 3.8) is 0 Å². The Morgan fingerprint density at radius 3 is 3.36 bits per heavy atom. The molecule has 1 heterocycles. The first-order valence-electron chi connectivity index (χ1n) is 3.68. The summed E-state index contributed by atoms with van der Waals surface area (Å²) in [5.74, 6) is 0. The summed E-state index contributed by atoms with van der Waals surface area (Å²) < 4.78 is 0. The molecule has 0 radical (unpaired) electrons. The Morgan fingerprint density at radius 1 is 1.64 bits per heavy atom. The van der Waals surface area contributed by atoms with Gasteiger partial charge in [0.25, 0.3) is 0 Å². The quantitative estimate of drug-likeness (QED) is 0.558. The lowest BCUT2D eigenvalue weighted by Gasteiger charge is -1.92. The van der Waals surface area contributed by atoms with Crippen molar-refractivity contribution in [2.75, 3.05) is 0 Å². The number of rotatable bonds is 0. The minimum absolute atomic E-state index is 0.950. The SMILES string of the molecule is CC=C1C=CNC=N/C=C/C1. The minimum atomic E-state index is 0.950. The van der Waals surface area contributed by atoms with Gasteiger partial charge < -0.3 is 5.32 Å². The van der Waals surface area contributed by atoms with Crippen LogP contribution in [-0.4, -0.2) is 6.34 Å². The molecule has 0 aromatic rings. The molecule has 0 amide bonds. The van der Waals surface area contributed by atoms with Crippen LogP contribution in [0.25, 0.3) is 0 Å². The van der Waals surface area contributed by atoms with E-state index < -0.39 is 0 Å². The standard InChI is InChI=1S/C9H12N2/c1-2-9-4-3-6-10-8-11-7-5-9/h2-3,5-8H,4H2,1H3,(H,10,11)/b6-3+,7-5?,9-2?. The average molecular weight is 148 g/mol. The zero-order valence-corrected chi connectivity index (χ0v) is 6.62. The van der Waals surface area contributed by atoms with E-state index in [1.807, 2.05) is 25.3 Å². The van der Waals surface area contributed by atoms with Crippen LogP contribution in [0, 0.1) is 0 Å². The van der Waals surface area contributed by atoms with Gasteiger partial charge in [0.1, 0.15) is 0 Å². The Hall–Kier alpha value is -1.31. The Kier molecular flexibility index (Phi) is 3.19. The molecule has 11 heavy (non-hydrogen) atoms. The highest BCUT2D eigenvalue weighted by atomic mass is 14.9. The van der Waals surface area contributed by atoms with E-state index in [2.05, 4.69) is 16.4 Å². The van der Waals surface area contributed by atoms with Gasteiger partial charge in [0.05, 0.1) is 6.34 Å². The molecule has 0 spiro atoms. The van der Waals surface area contributed by atoms with Gasteiger partial charge in [-0.25, -0.2) is 4.99 Å². The predicted octanol–water partition coefficient (Wildman–Crippen LogP) is 1.98. The minimum Gasteiger partial charge on any atom is -0.353 e. The molecule has 0 bridgehead atoms. The first-order chi connectivity index (χ1) is 5.43. The van der Waals surface area contributed by atoms with E-state index in [0.29, 0.717) is 0 Å². The van der Waals surface area contributed by atoms with E-state index in [1.165, 1.54) is 5.57 Å². The van der Waals surface area contributed by atoms with Crippen LogP contribution in [0.15, 0.2) is 41.2 Å². The molecule has 0 atom stereocenters. The summed E-state index contributed by atoms with van der Waals surface area (Å²) in [6, 6.07) is 0. The van der Waals surface area contributed by atoms with Crippen LogP contribution in [0.5, 0.6) is 0 Å². The van der Waals surface area contributed by atoms with Crippen LogP contribution in [-0.2, 0) is 0 Å². The number of nitrogens with one attached hydrogen (secondary N) is 1. The smallest absolute Gasteiger partial charge is 0.0918 e. The Bertz CT molecular complexity index is 222. The molecule has 0 aromatic carbocycles. The van der Waals surface area contributed by atoms with Crippen LogP contribution in [0.1, 0.15) is 13.3 Å². The fourth-order valence-corrected chi connectivity index (χ4v) is 0.816. The lowest BCUT2D eigenvalue weighted by Crippen LogP contribution is -1.98. The molecule has 1 N–H and O–H groups in total. The molecule has 1 aliphatic heterocycles. The van der Waals surface area contributed by atoms with E-state index in [9.17, 15) is 0 Å². The van der Waals surface area contributed by atoms with Gasteiger partial charge in [-0.1, -0.05) is 12.2 Å². The summed E-state index contributed by atoms with van der Waals surface area (Å²) in [5, 5.41) is 2.93. The third kappa shape index (κ3) is 2.85. The van der Waals surface area contributed by atoms with E-state index in [4.69, 9.17) is 0 Å². The van der Waals surface area contributed by atoms with E-state index in [-0.39, 0.29) is 0 Å². The van der Waals surface area contributed by atoms with Crippen LogP contribution in [0.2, 0.25) is 0 Å². The van der Waals surface area contributed by atoms with Gasteiger partial charge in [-0.15, -0.1) is 0 Å². The third-order valence-corrected chi connectivity index (χ3v) is 1.46. The normalized spacial score (nSPS) is 23.5. The van der Waals surface area contributed by atoms with Crippen LogP contribution in [0.4, 0.5) is 0 Å². The molecule has 58 valence electrons. The molecule has 1 rings (SSSR count). The van der Waals surface area contributed by atoms with Gasteiger partial charge in [-0.2, -0.15) is 0 Å². The Morgan fingerprint density at radius 2 is 2.55 bits per heavy atom. The van der Waals surface area contributed by atoms with Crippen molar-refractivity contribution in [1.82, 2.24) is 5.32 Å². The fraction of sp³-hybridized carbons (Fsp3) is 0.222. The van der Waals surface area contributed by atoms with E-state index in [0.717, 1.165) is 6.42 Å². The molecule has 1 aliphatic rings. The third-order valence-electron chi connectivity index (χ3n) is 1.46. The summed E-state index contributed by atoms with van der Waals surface area (Å²) in [5.41, 5.74) is 1.29. The van der Waals surface area contributed by atoms with E-state index >= 15 is 0 Å². The van der Waals surface area contributed by atoms with Crippen molar-refractivity contribution < 1.29 is 0 Å². The summed E-state index contributed by atoms with van der Waals surface area (Å²) in [6.07, 6.45) is 12.5. The van der Waals surface area contributed by atoms with Crippen molar-refractivity contribution in [2.45, 2.75) is 13.3 Å². The maximum Gasteiger partial charge on any atom is 0.0918 e. The number of allylic oxidation sites excluding steroid dienone is 4. The molecule has 0 aliphatic carbocycles. The van der Waals surface area contributed by atoms with Crippen LogP contribution in [0.3, 0.4) is 0 Å². The second-order valence-corrected chi connectivity index (χ2v) is 2.23. The first-order valence-corrected chi connectivity index (χ1v) is 3.68. The van der Waals surface area contributed by atoms with Crippen molar-refractivity contribution in [3.05, 3.63) is 36.2 Å². The fourth-order valence-electron chi connectivity index (χ4n) is 0.816. The van der Waals surface area contributed by atoms with Gasteiger partial charge >= 0.3 is 0 Å². The molecule has 0 aromatic heterocycles. The largest absolute Gasteiger partial charge is 0.353 e. The summed E-state index contributed by atoms with van der Waals surface area (Å²) in [6.45, 7) is 2.03. The maximum atomic E-state index is 3.96. The summed E-state index contributed by atoms with van der Waals surface area (Å²) >= 11 is 0. The average Bonchev–Trinajstić information content (AvgIpc) is 2.16. The second-order valence-electron chi connectivity index (χ2n) is 2.23. The Balaban J connectivity index is 2.67. The molecule has 2 heteroatoms. The highest BCUT2D eigenvalue weighted by Crippen LogP contribution is 2.04. The van der Waals surface area contributed by atoms with Gasteiger partial charge in [0.15, 0.2) is 0 Å². The highest BCUT2D eigenvalue weighted by molar-refractivity contribution is 5.57. The zero-order chi connectivity index (χ0) is 7.94. The summed E-state index contributed by atoms with van der Waals surface area (Å²) in [7, 11) is 0. The second kappa shape index (κ2) is 4.50. The number of nitrogens with zero attached hydrogens (tertiary/aromatic N) is 1. The number of hydrogen-bond donors (Lipinski definition) is 1. The van der Waals surface area contributed by atoms with Crippen molar-refractivity contribution >= 4 is 6.34 Å². The molecule has 0 saturated carbocycles. The van der Waals surface area contributed by atoms with Gasteiger partial charge in [-0.05, 0) is 25.0 Å². The highest BCUT2D eigenvalue weighted by Gasteiger charge is 1.86. The monoisotopic (exact) mass is 148 g/mol.